The molecule has 136 valence electrons. The number of aromatic hydroxyl groups is 1. The molecule has 0 bridgehead atoms. The lowest BCUT2D eigenvalue weighted by atomic mass is 9.77. The molecule has 3 aliphatic rings. The second-order valence-electron chi connectivity index (χ2n) is 7.62. The second kappa shape index (κ2) is 6.29. The Balaban J connectivity index is 1.64. The third-order valence-corrected chi connectivity index (χ3v) is 6.21. The number of hydrogen-bond acceptors (Lipinski definition) is 4. The zero-order chi connectivity index (χ0) is 17.6. The fraction of sp³-hybridized carbons (Fsp3) is 0.455. The number of nitrogens with zero attached hydrogens (tertiary/aromatic N) is 1. The van der Waals surface area contributed by atoms with Gasteiger partial charge in [-0.3, -0.25) is 4.90 Å². The molecule has 5 rings (SSSR count). The Hall–Kier alpha value is -2.04. The van der Waals surface area contributed by atoms with E-state index in [2.05, 4.69) is 17.0 Å². The molecule has 2 unspecified atom stereocenters. The van der Waals surface area contributed by atoms with Crippen molar-refractivity contribution in [1.29, 1.82) is 0 Å². The molecule has 2 fully saturated rings. The van der Waals surface area contributed by atoms with Crippen molar-refractivity contribution in [2.24, 2.45) is 0 Å². The van der Waals surface area contributed by atoms with E-state index in [0.29, 0.717) is 11.7 Å². The topological polar surface area (TPSA) is 41.9 Å². The van der Waals surface area contributed by atoms with E-state index in [0.717, 1.165) is 56.0 Å². The van der Waals surface area contributed by atoms with Gasteiger partial charge in [-0.05, 0) is 30.5 Å². The summed E-state index contributed by atoms with van der Waals surface area (Å²) in [5.41, 5.74) is 3.00. The predicted molar refractivity (Wildman–Crippen MR) is 101 cm³/mol. The van der Waals surface area contributed by atoms with Crippen molar-refractivity contribution in [3.05, 3.63) is 48.0 Å². The molecule has 1 aliphatic carbocycles. The zero-order valence-electron chi connectivity index (χ0n) is 15.0. The number of phenols is 1. The Morgan fingerprint density at radius 1 is 1.04 bits per heavy atom. The largest absolute Gasteiger partial charge is 0.508 e. The minimum atomic E-state index is -0.276. The van der Waals surface area contributed by atoms with Crippen molar-refractivity contribution in [2.75, 3.05) is 26.3 Å². The molecule has 2 aromatic rings. The van der Waals surface area contributed by atoms with Gasteiger partial charge in [-0.25, -0.2) is 0 Å². The monoisotopic (exact) mass is 351 g/mol. The first-order chi connectivity index (χ1) is 12.8. The van der Waals surface area contributed by atoms with Crippen LogP contribution >= 0.6 is 0 Å². The highest BCUT2D eigenvalue weighted by molar-refractivity contribution is 5.75. The summed E-state index contributed by atoms with van der Waals surface area (Å²) in [5.74, 6) is 1.61. The fourth-order valence-corrected chi connectivity index (χ4v) is 5.05. The Kier molecular flexibility index (Phi) is 3.91. The molecule has 0 aromatic heterocycles. The summed E-state index contributed by atoms with van der Waals surface area (Å²) in [7, 11) is 0. The quantitative estimate of drug-likeness (QED) is 0.883. The van der Waals surface area contributed by atoms with Gasteiger partial charge in [0.05, 0.1) is 13.2 Å². The van der Waals surface area contributed by atoms with Crippen LogP contribution in [0, 0.1) is 0 Å². The molecule has 0 radical (unpaired) electrons. The third kappa shape index (κ3) is 2.43. The molecule has 1 N–H and O–H groups in total. The summed E-state index contributed by atoms with van der Waals surface area (Å²) in [5, 5.41) is 10.4. The van der Waals surface area contributed by atoms with E-state index in [1.165, 1.54) is 18.4 Å². The average molecular weight is 351 g/mol. The number of ether oxygens (including phenoxy) is 2. The summed E-state index contributed by atoms with van der Waals surface area (Å²) in [6.07, 6.45) is 4.56. The standard InChI is InChI=1S/C22H25NO3/c24-17-14-18(16-6-2-1-3-7-16)21-19(15-17)20-8-4-5-9-22(20,26-21)23-10-12-25-13-11-23/h1-3,6-7,14-15,20,24H,4-5,8-13H2. The van der Waals surface area contributed by atoms with Crippen molar-refractivity contribution in [2.45, 2.75) is 37.3 Å². The minimum Gasteiger partial charge on any atom is -0.508 e. The lowest BCUT2D eigenvalue weighted by Gasteiger charge is -2.48. The summed E-state index contributed by atoms with van der Waals surface area (Å²) < 4.78 is 12.4. The molecule has 0 amide bonds. The van der Waals surface area contributed by atoms with Crippen LogP contribution in [0.4, 0.5) is 0 Å². The van der Waals surface area contributed by atoms with Crippen LogP contribution in [0.15, 0.2) is 42.5 Å². The number of morpholine rings is 1. The summed E-state index contributed by atoms with van der Waals surface area (Å²) in [6, 6.07) is 14.0. The maximum absolute atomic E-state index is 10.4. The van der Waals surface area contributed by atoms with Crippen molar-refractivity contribution >= 4 is 0 Å². The first kappa shape index (κ1) is 16.2. The van der Waals surface area contributed by atoms with Gasteiger partial charge in [0.2, 0.25) is 0 Å². The third-order valence-electron chi connectivity index (χ3n) is 6.21. The molecular weight excluding hydrogens is 326 g/mol. The molecule has 2 aromatic carbocycles. The first-order valence-electron chi connectivity index (χ1n) is 9.72. The highest BCUT2D eigenvalue weighted by Gasteiger charge is 2.54. The maximum Gasteiger partial charge on any atom is 0.170 e. The second-order valence-corrected chi connectivity index (χ2v) is 7.62. The molecule has 4 nitrogen and oxygen atoms in total. The Bertz CT molecular complexity index is 801. The fourth-order valence-electron chi connectivity index (χ4n) is 5.05. The minimum absolute atomic E-state index is 0.276. The Morgan fingerprint density at radius 2 is 1.85 bits per heavy atom. The lowest BCUT2D eigenvalue weighted by Crippen LogP contribution is -2.59. The molecule has 1 saturated carbocycles. The van der Waals surface area contributed by atoms with Crippen molar-refractivity contribution in [3.8, 4) is 22.6 Å². The van der Waals surface area contributed by atoms with Gasteiger partial charge in [0.15, 0.2) is 5.72 Å². The Morgan fingerprint density at radius 3 is 2.65 bits per heavy atom. The van der Waals surface area contributed by atoms with E-state index in [-0.39, 0.29) is 5.72 Å². The molecule has 0 spiro atoms. The average Bonchev–Trinajstić information content (AvgIpc) is 3.04. The van der Waals surface area contributed by atoms with Gasteiger partial charge in [-0.2, -0.15) is 0 Å². The van der Waals surface area contributed by atoms with Crippen LogP contribution in [-0.4, -0.2) is 42.0 Å². The van der Waals surface area contributed by atoms with Gasteiger partial charge in [0.1, 0.15) is 11.5 Å². The molecule has 2 atom stereocenters. The van der Waals surface area contributed by atoms with Gasteiger partial charge in [-0.1, -0.05) is 36.8 Å². The highest BCUT2D eigenvalue weighted by Crippen LogP contribution is 2.57. The number of phenolic OH excluding ortho intramolecular Hbond substituents is 1. The van der Waals surface area contributed by atoms with Crippen LogP contribution in [0.1, 0.15) is 37.2 Å². The number of rotatable bonds is 2. The van der Waals surface area contributed by atoms with E-state index in [9.17, 15) is 5.11 Å². The zero-order valence-corrected chi connectivity index (χ0v) is 15.0. The van der Waals surface area contributed by atoms with Crippen molar-refractivity contribution in [3.63, 3.8) is 0 Å². The van der Waals surface area contributed by atoms with Crippen LogP contribution in [0.25, 0.3) is 11.1 Å². The van der Waals surface area contributed by atoms with Crippen LogP contribution in [0.3, 0.4) is 0 Å². The molecular formula is C22H25NO3. The van der Waals surface area contributed by atoms with Crippen LogP contribution in [0.2, 0.25) is 0 Å². The SMILES string of the molecule is Oc1cc(-c2ccccc2)c2c(c1)C1CCCCC1(N1CCOCC1)O2. The summed E-state index contributed by atoms with van der Waals surface area (Å²) in [6.45, 7) is 3.37. The highest BCUT2D eigenvalue weighted by atomic mass is 16.5. The van der Waals surface area contributed by atoms with E-state index in [1.54, 1.807) is 0 Å². The summed E-state index contributed by atoms with van der Waals surface area (Å²) >= 11 is 0. The normalized spacial score (nSPS) is 28.2. The smallest absolute Gasteiger partial charge is 0.170 e. The maximum atomic E-state index is 10.4. The van der Waals surface area contributed by atoms with Crippen molar-refractivity contribution in [1.82, 2.24) is 4.90 Å². The Labute approximate surface area is 154 Å². The predicted octanol–water partition coefficient (Wildman–Crippen LogP) is 4.14. The number of fused-ring (bicyclic) bond motifs is 3. The molecule has 26 heavy (non-hydrogen) atoms. The van der Waals surface area contributed by atoms with Gasteiger partial charge in [-0.15, -0.1) is 0 Å². The van der Waals surface area contributed by atoms with Gasteiger partial charge in [0, 0.05) is 36.6 Å². The molecule has 1 saturated heterocycles. The first-order valence-corrected chi connectivity index (χ1v) is 9.72. The van der Waals surface area contributed by atoms with E-state index in [1.807, 2.05) is 30.3 Å². The van der Waals surface area contributed by atoms with Crippen molar-refractivity contribution < 1.29 is 14.6 Å². The van der Waals surface area contributed by atoms with E-state index < -0.39 is 0 Å². The van der Waals surface area contributed by atoms with Gasteiger partial charge >= 0.3 is 0 Å². The molecule has 2 heterocycles. The van der Waals surface area contributed by atoms with E-state index in [4.69, 9.17) is 9.47 Å². The van der Waals surface area contributed by atoms with Gasteiger partial charge in [0.25, 0.3) is 0 Å². The summed E-state index contributed by atoms with van der Waals surface area (Å²) in [4.78, 5) is 2.49. The van der Waals surface area contributed by atoms with Gasteiger partial charge < -0.3 is 14.6 Å². The number of benzene rings is 2. The molecule has 4 heteroatoms. The lowest BCUT2D eigenvalue weighted by molar-refractivity contribution is -0.139. The van der Waals surface area contributed by atoms with Crippen LogP contribution in [0.5, 0.6) is 11.5 Å². The molecule has 2 aliphatic heterocycles. The van der Waals surface area contributed by atoms with E-state index >= 15 is 0 Å². The van der Waals surface area contributed by atoms with Crippen LogP contribution < -0.4 is 4.74 Å². The number of hydrogen-bond donors (Lipinski definition) is 1. The van der Waals surface area contributed by atoms with Crippen LogP contribution in [-0.2, 0) is 4.74 Å².